The fraction of sp³-hybridized carbons (Fsp3) is 0.412. The lowest BCUT2D eigenvalue weighted by Gasteiger charge is -2.27. The molecule has 21 heavy (non-hydrogen) atoms. The van der Waals surface area contributed by atoms with Crippen LogP contribution in [0.4, 0.5) is 4.39 Å². The van der Waals surface area contributed by atoms with Crippen LogP contribution in [-0.2, 0) is 6.42 Å². The Morgan fingerprint density at radius 3 is 3.05 bits per heavy atom. The smallest absolute Gasteiger partial charge is 0.165 e. The van der Waals surface area contributed by atoms with Gasteiger partial charge in [0.05, 0.1) is 7.11 Å². The third-order valence-electron chi connectivity index (χ3n) is 4.18. The monoisotopic (exact) mass is 305 g/mol. The normalized spacial score (nSPS) is 19.1. The van der Waals surface area contributed by atoms with Crippen LogP contribution in [0.25, 0.3) is 0 Å². The zero-order valence-corrected chi connectivity index (χ0v) is 13.2. The molecular weight excluding hydrogens is 285 g/mol. The van der Waals surface area contributed by atoms with E-state index in [0.717, 1.165) is 12.0 Å². The number of aryl methyl sites for hydroxylation is 1. The van der Waals surface area contributed by atoms with Crippen molar-refractivity contribution in [1.29, 1.82) is 0 Å². The standard InChI is InChI=1S/C17H20FNOS/c1-11(12-6-7-14(18)16(10-12)20-2)19-15-4-3-5-17-13(15)8-9-21-17/h6-11,15,19H,3-5H2,1-2H3. The predicted molar refractivity (Wildman–Crippen MR) is 84.5 cm³/mol. The van der Waals surface area contributed by atoms with Gasteiger partial charge in [-0.05, 0) is 60.9 Å². The summed E-state index contributed by atoms with van der Waals surface area (Å²) in [5.41, 5.74) is 2.49. The lowest BCUT2D eigenvalue weighted by atomic mass is 9.93. The maximum Gasteiger partial charge on any atom is 0.165 e. The van der Waals surface area contributed by atoms with Crippen LogP contribution in [0.3, 0.4) is 0 Å². The van der Waals surface area contributed by atoms with Crippen molar-refractivity contribution in [3.8, 4) is 5.75 Å². The van der Waals surface area contributed by atoms with Gasteiger partial charge in [0.25, 0.3) is 0 Å². The molecule has 4 heteroatoms. The van der Waals surface area contributed by atoms with Crippen molar-refractivity contribution in [2.45, 2.75) is 38.3 Å². The Hall–Kier alpha value is -1.39. The molecule has 0 fully saturated rings. The highest BCUT2D eigenvalue weighted by Crippen LogP contribution is 2.35. The third-order valence-corrected chi connectivity index (χ3v) is 5.17. The average molecular weight is 305 g/mol. The molecule has 1 aromatic heterocycles. The number of rotatable bonds is 4. The molecule has 0 saturated heterocycles. The highest BCUT2D eigenvalue weighted by molar-refractivity contribution is 7.10. The topological polar surface area (TPSA) is 21.3 Å². The quantitative estimate of drug-likeness (QED) is 0.889. The number of hydrogen-bond acceptors (Lipinski definition) is 3. The van der Waals surface area contributed by atoms with Crippen molar-refractivity contribution in [1.82, 2.24) is 5.32 Å². The minimum atomic E-state index is -0.314. The first-order chi connectivity index (χ1) is 10.2. The highest BCUT2D eigenvalue weighted by Gasteiger charge is 2.23. The minimum absolute atomic E-state index is 0.162. The largest absolute Gasteiger partial charge is 0.494 e. The maximum absolute atomic E-state index is 13.5. The Labute approximate surface area is 129 Å². The summed E-state index contributed by atoms with van der Waals surface area (Å²) < 4.78 is 18.6. The van der Waals surface area contributed by atoms with Gasteiger partial charge in [-0.25, -0.2) is 4.39 Å². The van der Waals surface area contributed by atoms with Crippen molar-refractivity contribution in [2.24, 2.45) is 0 Å². The van der Waals surface area contributed by atoms with Gasteiger partial charge in [-0.2, -0.15) is 0 Å². The van der Waals surface area contributed by atoms with Crippen molar-refractivity contribution in [3.05, 3.63) is 51.5 Å². The number of hydrogen-bond donors (Lipinski definition) is 1. The molecule has 112 valence electrons. The molecule has 2 unspecified atom stereocenters. The summed E-state index contributed by atoms with van der Waals surface area (Å²) in [5, 5.41) is 5.85. The lowest BCUT2D eigenvalue weighted by molar-refractivity contribution is 0.382. The molecule has 1 aromatic carbocycles. The second kappa shape index (κ2) is 6.16. The Morgan fingerprint density at radius 2 is 2.24 bits per heavy atom. The van der Waals surface area contributed by atoms with Crippen LogP contribution < -0.4 is 10.1 Å². The lowest BCUT2D eigenvalue weighted by Crippen LogP contribution is -2.27. The summed E-state index contributed by atoms with van der Waals surface area (Å²) in [7, 11) is 1.50. The number of halogens is 1. The second-order valence-electron chi connectivity index (χ2n) is 5.53. The number of thiophene rings is 1. The molecule has 2 aromatic rings. The summed E-state index contributed by atoms with van der Waals surface area (Å²) >= 11 is 1.85. The van der Waals surface area contributed by atoms with E-state index in [1.54, 1.807) is 6.07 Å². The highest BCUT2D eigenvalue weighted by atomic mass is 32.1. The Balaban J connectivity index is 1.77. The van der Waals surface area contributed by atoms with Crippen LogP contribution in [0.1, 0.15) is 47.9 Å². The Bertz CT molecular complexity index is 625. The molecular formula is C17H20FNOS. The zero-order chi connectivity index (χ0) is 14.8. The van der Waals surface area contributed by atoms with E-state index in [9.17, 15) is 4.39 Å². The van der Waals surface area contributed by atoms with Crippen LogP contribution >= 0.6 is 11.3 Å². The van der Waals surface area contributed by atoms with Crippen molar-refractivity contribution < 1.29 is 9.13 Å². The Morgan fingerprint density at radius 1 is 1.38 bits per heavy atom. The number of ether oxygens (including phenoxy) is 1. The average Bonchev–Trinajstić information content (AvgIpc) is 2.97. The number of nitrogens with one attached hydrogen (secondary N) is 1. The third kappa shape index (κ3) is 2.97. The zero-order valence-electron chi connectivity index (χ0n) is 12.4. The van der Waals surface area contributed by atoms with Gasteiger partial charge in [0.15, 0.2) is 11.6 Å². The minimum Gasteiger partial charge on any atom is -0.494 e. The van der Waals surface area contributed by atoms with E-state index >= 15 is 0 Å². The van der Waals surface area contributed by atoms with Crippen molar-refractivity contribution >= 4 is 11.3 Å². The van der Waals surface area contributed by atoms with Gasteiger partial charge in [0.2, 0.25) is 0 Å². The van der Waals surface area contributed by atoms with E-state index in [2.05, 4.69) is 23.7 Å². The summed E-state index contributed by atoms with van der Waals surface area (Å²) in [6.45, 7) is 2.12. The summed E-state index contributed by atoms with van der Waals surface area (Å²) in [6, 6.07) is 7.87. The molecule has 0 radical (unpaired) electrons. The first kappa shape index (κ1) is 14.5. The second-order valence-corrected chi connectivity index (χ2v) is 6.53. The molecule has 0 spiro atoms. The van der Waals surface area contributed by atoms with E-state index in [1.165, 1.54) is 36.5 Å². The van der Waals surface area contributed by atoms with E-state index in [1.807, 2.05) is 17.4 Å². The molecule has 0 amide bonds. The van der Waals surface area contributed by atoms with E-state index in [-0.39, 0.29) is 11.9 Å². The molecule has 3 rings (SSSR count). The summed E-state index contributed by atoms with van der Waals surface area (Å²) in [6.07, 6.45) is 3.58. The molecule has 2 nitrogen and oxygen atoms in total. The van der Waals surface area contributed by atoms with Gasteiger partial charge in [0, 0.05) is 17.0 Å². The van der Waals surface area contributed by atoms with Gasteiger partial charge in [-0.15, -0.1) is 11.3 Å². The fourth-order valence-electron chi connectivity index (χ4n) is 3.00. The van der Waals surface area contributed by atoms with Crippen molar-refractivity contribution in [2.75, 3.05) is 7.11 Å². The predicted octanol–water partition coefficient (Wildman–Crippen LogP) is 4.62. The summed E-state index contributed by atoms with van der Waals surface area (Å²) in [4.78, 5) is 1.50. The van der Waals surface area contributed by atoms with Gasteiger partial charge in [0.1, 0.15) is 0 Å². The van der Waals surface area contributed by atoms with Crippen LogP contribution in [-0.4, -0.2) is 7.11 Å². The van der Waals surface area contributed by atoms with E-state index in [4.69, 9.17) is 4.74 Å². The first-order valence-corrected chi connectivity index (χ1v) is 8.22. The van der Waals surface area contributed by atoms with Gasteiger partial charge >= 0.3 is 0 Å². The molecule has 1 heterocycles. The fourth-order valence-corrected chi connectivity index (χ4v) is 3.99. The number of fused-ring (bicyclic) bond motifs is 1. The molecule has 0 bridgehead atoms. The molecule has 2 atom stereocenters. The van der Waals surface area contributed by atoms with Crippen LogP contribution in [0.2, 0.25) is 0 Å². The number of methoxy groups -OCH3 is 1. The van der Waals surface area contributed by atoms with Crippen LogP contribution in [0, 0.1) is 5.82 Å². The molecule has 1 aliphatic rings. The molecule has 0 aliphatic heterocycles. The first-order valence-electron chi connectivity index (χ1n) is 7.35. The van der Waals surface area contributed by atoms with Crippen LogP contribution in [0.5, 0.6) is 5.75 Å². The molecule has 1 N–H and O–H groups in total. The Kier molecular flexibility index (Phi) is 4.27. The SMILES string of the molecule is COc1cc(C(C)NC2CCCc3sccc32)ccc1F. The molecule has 1 aliphatic carbocycles. The van der Waals surface area contributed by atoms with Gasteiger partial charge in [-0.3, -0.25) is 0 Å². The van der Waals surface area contributed by atoms with Gasteiger partial charge < -0.3 is 10.1 Å². The number of benzene rings is 1. The van der Waals surface area contributed by atoms with Crippen molar-refractivity contribution in [3.63, 3.8) is 0 Å². The maximum atomic E-state index is 13.5. The molecule has 0 saturated carbocycles. The van der Waals surface area contributed by atoms with E-state index < -0.39 is 0 Å². The van der Waals surface area contributed by atoms with Crippen LogP contribution in [0.15, 0.2) is 29.6 Å². The summed E-state index contributed by atoms with van der Waals surface area (Å²) in [5.74, 6) is -0.00717. The van der Waals surface area contributed by atoms with E-state index in [0.29, 0.717) is 11.8 Å². The van der Waals surface area contributed by atoms with Gasteiger partial charge in [-0.1, -0.05) is 6.07 Å².